The molecule has 0 unspecified atom stereocenters. The smallest absolute Gasteiger partial charge is 0.0316 e. The van der Waals surface area contributed by atoms with Gasteiger partial charge in [-0.2, -0.15) is 0 Å². The quantitative estimate of drug-likeness (QED) is 0.449. The van der Waals surface area contributed by atoms with Gasteiger partial charge in [0.25, 0.3) is 0 Å². The second-order valence-corrected chi connectivity index (χ2v) is 7.60. The van der Waals surface area contributed by atoms with E-state index in [2.05, 4.69) is 52.9 Å². The van der Waals surface area contributed by atoms with Crippen LogP contribution in [0.5, 0.6) is 0 Å². The Bertz CT molecular complexity index is 597. The largest absolute Gasteiger partial charge is 0.412 e. The monoisotopic (exact) mass is 439 g/mol. The van der Waals surface area contributed by atoms with Gasteiger partial charge in [-0.15, -0.1) is 0 Å². The zero-order valence-electron chi connectivity index (χ0n) is 13.6. The number of fused-ring (bicyclic) bond motifs is 2. The maximum atomic E-state index is 5.68. The van der Waals surface area contributed by atoms with Gasteiger partial charge in [-0.25, -0.2) is 0 Å². The molecule has 132 valence electrons. The van der Waals surface area contributed by atoms with Crippen molar-refractivity contribution in [3.63, 3.8) is 0 Å². The van der Waals surface area contributed by atoms with Crippen molar-refractivity contribution in [2.75, 3.05) is 5.73 Å². The summed E-state index contributed by atoms with van der Waals surface area (Å²) in [5.74, 6) is 0. The molecule has 0 saturated carbocycles. The maximum absolute atomic E-state index is 5.68. The van der Waals surface area contributed by atoms with Gasteiger partial charge in [0.2, 0.25) is 0 Å². The number of benzene rings is 2. The molecule has 2 aromatic rings. The fraction of sp³-hybridized carbons (Fsp3) is 0.429. The number of nitrogen functional groups attached to an aromatic ring is 1. The van der Waals surface area contributed by atoms with Crippen molar-refractivity contribution < 1.29 is 5.48 Å². The lowest BCUT2D eigenvalue weighted by atomic mass is 9.91. The molecule has 0 saturated heterocycles. The van der Waals surface area contributed by atoms with Gasteiger partial charge in [0.15, 0.2) is 0 Å². The van der Waals surface area contributed by atoms with Gasteiger partial charge in [-0.1, -0.05) is 19.6 Å². The molecule has 2 aromatic carbocycles. The molecule has 0 fully saturated rings. The van der Waals surface area contributed by atoms with Gasteiger partial charge in [0.1, 0.15) is 0 Å². The number of anilines is 1. The van der Waals surface area contributed by atoms with E-state index in [-0.39, 0.29) is 12.9 Å². The lowest BCUT2D eigenvalue weighted by Crippen LogP contribution is -2.02. The highest BCUT2D eigenvalue weighted by Crippen LogP contribution is 2.23. The Morgan fingerprint density at radius 2 is 1.12 bits per heavy atom. The van der Waals surface area contributed by atoms with Crippen LogP contribution in [-0.2, 0) is 25.7 Å². The standard InChI is InChI=1S/C10H11I.C10H13N.CH4.H2O/c2*11-10-6-5-8-3-1-2-4-9(8)7-10;;/h5-7H,1-4H2;5-7H,1-4,11H2;1H4;1H2. The predicted molar refractivity (Wildman–Crippen MR) is 114 cm³/mol. The van der Waals surface area contributed by atoms with Gasteiger partial charge < -0.3 is 11.2 Å². The number of rotatable bonds is 0. The van der Waals surface area contributed by atoms with E-state index >= 15 is 0 Å². The molecular formula is C21H30INO. The molecule has 2 nitrogen and oxygen atoms in total. The summed E-state index contributed by atoms with van der Waals surface area (Å²) in [5, 5.41) is 0. The molecule has 4 rings (SSSR count). The van der Waals surface area contributed by atoms with Crippen LogP contribution in [0, 0.1) is 3.57 Å². The van der Waals surface area contributed by atoms with Gasteiger partial charge in [0.05, 0.1) is 0 Å². The topological polar surface area (TPSA) is 57.5 Å². The molecule has 4 N–H and O–H groups in total. The summed E-state index contributed by atoms with van der Waals surface area (Å²) in [6, 6.07) is 13.1. The number of hydrogen-bond donors (Lipinski definition) is 1. The van der Waals surface area contributed by atoms with Crippen molar-refractivity contribution in [3.8, 4) is 0 Å². The summed E-state index contributed by atoms with van der Waals surface area (Å²) in [5.41, 5.74) is 12.7. The maximum Gasteiger partial charge on any atom is 0.0316 e. The van der Waals surface area contributed by atoms with Crippen molar-refractivity contribution >= 4 is 28.3 Å². The average molecular weight is 439 g/mol. The van der Waals surface area contributed by atoms with Crippen LogP contribution < -0.4 is 5.73 Å². The number of nitrogens with two attached hydrogens (primary N) is 1. The van der Waals surface area contributed by atoms with Crippen LogP contribution in [0.2, 0.25) is 0 Å². The van der Waals surface area contributed by atoms with E-state index in [1.54, 1.807) is 11.1 Å². The van der Waals surface area contributed by atoms with Crippen molar-refractivity contribution in [2.45, 2.75) is 58.8 Å². The summed E-state index contributed by atoms with van der Waals surface area (Å²) in [4.78, 5) is 0. The first-order valence-corrected chi connectivity index (χ1v) is 9.45. The lowest BCUT2D eigenvalue weighted by Gasteiger charge is -2.15. The molecule has 0 radical (unpaired) electrons. The van der Waals surface area contributed by atoms with E-state index in [0.717, 1.165) is 5.69 Å². The first-order chi connectivity index (χ1) is 10.7. The minimum atomic E-state index is 0. The summed E-state index contributed by atoms with van der Waals surface area (Å²) >= 11 is 2.39. The van der Waals surface area contributed by atoms with Crippen molar-refractivity contribution in [2.24, 2.45) is 0 Å². The SMILES string of the molecule is C.Ic1ccc2c(c1)CCCC2.Nc1ccc2c(c1)CCCC2.O. The van der Waals surface area contributed by atoms with Gasteiger partial charge >= 0.3 is 0 Å². The molecule has 0 aliphatic heterocycles. The summed E-state index contributed by atoms with van der Waals surface area (Å²) in [6.07, 6.45) is 10.5. The van der Waals surface area contributed by atoms with E-state index in [1.165, 1.54) is 66.1 Å². The van der Waals surface area contributed by atoms with Crippen LogP contribution >= 0.6 is 22.6 Å². The van der Waals surface area contributed by atoms with Crippen LogP contribution in [-0.4, -0.2) is 5.48 Å². The zero-order chi connectivity index (χ0) is 15.4. The van der Waals surface area contributed by atoms with Crippen LogP contribution in [0.25, 0.3) is 0 Å². The minimum Gasteiger partial charge on any atom is -0.412 e. The third kappa shape index (κ3) is 5.49. The Hall–Kier alpha value is -1.07. The molecule has 0 atom stereocenters. The molecule has 2 aliphatic rings. The molecule has 24 heavy (non-hydrogen) atoms. The zero-order valence-corrected chi connectivity index (χ0v) is 15.7. The van der Waals surface area contributed by atoms with Crippen molar-refractivity contribution in [1.82, 2.24) is 0 Å². The van der Waals surface area contributed by atoms with Crippen LogP contribution in [0.4, 0.5) is 5.69 Å². The van der Waals surface area contributed by atoms with Crippen molar-refractivity contribution in [3.05, 3.63) is 62.2 Å². The Morgan fingerprint density at radius 1 is 0.667 bits per heavy atom. The summed E-state index contributed by atoms with van der Waals surface area (Å²) in [6.45, 7) is 0. The fourth-order valence-corrected chi connectivity index (χ4v) is 4.01. The number of hydrogen-bond acceptors (Lipinski definition) is 1. The average Bonchev–Trinajstić information content (AvgIpc) is 2.55. The molecular weight excluding hydrogens is 409 g/mol. The minimum absolute atomic E-state index is 0. The number of aryl methyl sites for hydroxylation is 4. The van der Waals surface area contributed by atoms with Gasteiger partial charge in [0, 0.05) is 9.26 Å². The normalized spacial score (nSPS) is 14.7. The van der Waals surface area contributed by atoms with Crippen molar-refractivity contribution in [1.29, 1.82) is 0 Å². The third-order valence-corrected chi connectivity index (χ3v) is 5.35. The highest BCUT2D eigenvalue weighted by atomic mass is 127. The molecule has 0 heterocycles. The second kappa shape index (κ2) is 10.0. The highest BCUT2D eigenvalue weighted by molar-refractivity contribution is 14.1. The van der Waals surface area contributed by atoms with E-state index in [4.69, 9.17) is 5.73 Å². The van der Waals surface area contributed by atoms with Crippen LogP contribution in [0.3, 0.4) is 0 Å². The van der Waals surface area contributed by atoms with Gasteiger partial charge in [-0.05, 0) is 120 Å². The number of halogens is 1. The summed E-state index contributed by atoms with van der Waals surface area (Å²) in [7, 11) is 0. The molecule has 3 heteroatoms. The molecule has 0 aromatic heterocycles. The summed E-state index contributed by atoms with van der Waals surface area (Å²) < 4.78 is 1.38. The second-order valence-electron chi connectivity index (χ2n) is 6.36. The van der Waals surface area contributed by atoms with Crippen LogP contribution in [0.1, 0.15) is 55.4 Å². The Morgan fingerprint density at radius 3 is 1.71 bits per heavy atom. The predicted octanol–water partition coefficient (Wildman–Crippen LogP) is 5.13. The van der Waals surface area contributed by atoms with Crippen LogP contribution in [0.15, 0.2) is 36.4 Å². The Labute approximate surface area is 160 Å². The van der Waals surface area contributed by atoms with E-state index in [9.17, 15) is 0 Å². The van der Waals surface area contributed by atoms with E-state index in [1.807, 2.05) is 6.07 Å². The highest BCUT2D eigenvalue weighted by Gasteiger charge is 2.08. The molecule has 0 bridgehead atoms. The third-order valence-electron chi connectivity index (χ3n) is 4.68. The van der Waals surface area contributed by atoms with Gasteiger partial charge in [-0.3, -0.25) is 0 Å². The fourth-order valence-electron chi connectivity index (χ4n) is 3.46. The molecule has 2 aliphatic carbocycles. The molecule has 0 spiro atoms. The molecule has 0 amide bonds. The first kappa shape index (κ1) is 21.0. The van der Waals surface area contributed by atoms with E-state index in [0.29, 0.717) is 0 Å². The lowest BCUT2D eigenvalue weighted by molar-refractivity contribution is 0.685. The van der Waals surface area contributed by atoms with E-state index < -0.39 is 0 Å². The Kier molecular flexibility index (Phi) is 8.78. The first-order valence-electron chi connectivity index (χ1n) is 8.37. The Balaban J connectivity index is 0.000000222.